The molecule has 7 heteroatoms. The first-order chi connectivity index (χ1) is 12.4. The highest BCUT2D eigenvalue weighted by Crippen LogP contribution is 2.35. The highest BCUT2D eigenvalue weighted by Gasteiger charge is 2.22. The number of nitrogens with zero attached hydrogens (tertiary/aromatic N) is 4. The van der Waals surface area contributed by atoms with Gasteiger partial charge >= 0.3 is 0 Å². The number of aromatic nitrogens is 3. The Labute approximate surface area is 154 Å². The number of ether oxygens (including phenoxy) is 2. The molecule has 1 aliphatic rings. The van der Waals surface area contributed by atoms with Crippen molar-refractivity contribution in [2.45, 2.75) is 45.8 Å². The molecule has 1 atom stereocenters. The van der Waals surface area contributed by atoms with Crippen LogP contribution in [0, 0.1) is 0 Å². The molecule has 0 radical (unpaired) electrons. The van der Waals surface area contributed by atoms with Crippen LogP contribution in [0.4, 0.5) is 11.9 Å². The van der Waals surface area contributed by atoms with Crippen molar-refractivity contribution in [2.75, 3.05) is 31.4 Å². The fourth-order valence-electron chi connectivity index (χ4n) is 2.90. The zero-order chi connectivity index (χ0) is 18.8. The van der Waals surface area contributed by atoms with Gasteiger partial charge in [0.05, 0.1) is 7.11 Å². The Balaban J connectivity index is 1.84. The molecule has 1 aromatic carbocycles. The quantitative estimate of drug-likeness (QED) is 0.852. The van der Waals surface area contributed by atoms with Gasteiger partial charge in [-0.3, -0.25) is 0 Å². The lowest BCUT2D eigenvalue weighted by Crippen LogP contribution is -2.17. The van der Waals surface area contributed by atoms with Crippen LogP contribution in [-0.4, -0.2) is 42.3 Å². The summed E-state index contributed by atoms with van der Waals surface area (Å²) >= 11 is 0. The normalized spacial score (nSPS) is 15.6. The van der Waals surface area contributed by atoms with Crippen molar-refractivity contribution >= 4 is 11.9 Å². The van der Waals surface area contributed by atoms with Gasteiger partial charge in [0.15, 0.2) is 0 Å². The van der Waals surface area contributed by atoms with Crippen LogP contribution in [-0.2, 0) is 13.0 Å². The van der Waals surface area contributed by atoms with Crippen LogP contribution in [0.25, 0.3) is 0 Å². The van der Waals surface area contributed by atoms with E-state index in [1.807, 2.05) is 25.1 Å². The number of fused-ring (bicyclic) bond motifs is 1. The summed E-state index contributed by atoms with van der Waals surface area (Å²) in [5, 5.41) is 3.30. The summed E-state index contributed by atoms with van der Waals surface area (Å²) in [7, 11) is 5.53. The van der Waals surface area contributed by atoms with Crippen molar-refractivity contribution in [1.82, 2.24) is 15.0 Å². The summed E-state index contributed by atoms with van der Waals surface area (Å²) in [5.74, 6) is 3.97. The van der Waals surface area contributed by atoms with Gasteiger partial charge in [0.1, 0.15) is 23.4 Å². The van der Waals surface area contributed by atoms with E-state index in [1.165, 1.54) is 5.56 Å². The molecule has 0 amide bonds. The number of methoxy groups -OCH3 is 1. The smallest absolute Gasteiger partial charge is 0.229 e. The maximum absolute atomic E-state index is 5.87. The summed E-state index contributed by atoms with van der Waals surface area (Å²) in [6, 6.07) is 4.11. The van der Waals surface area contributed by atoms with Crippen LogP contribution < -0.4 is 19.7 Å². The minimum atomic E-state index is 0.206. The fourth-order valence-corrected chi connectivity index (χ4v) is 2.90. The molecule has 0 saturated heterocycles. The van der Waals surface area contributed by atoms with Crippen LogP contribution >= 0.6 is 0 Å². The lowest BCUT2D eigenvalue weighted by Gasteiger charge is -2.16. The van der Waals surface area contributed by atoms with Crippen molar-refractivity contribution in [2.24, 2.45) is 0 Å². The second kappa shape index (κ2) is 7.35. The summed E-state index contributed by atoms with van der Waals surface area (Å²) in [6.45, 7) is 6.76. The largest absolute Gasteiger partial charge is 0.496 e. The number of benzene rings is 1. The van der Waals surface area contributed by atoms with Crippen LogP contribution in [0.1, 0.15) is 43.6 Å². The molecule has 0 spiro atoms. The minimum absolute atomic E-state index is 0.206. The van der Waals surface area contributed by atoms with Crippen molar-refractivity contribution in [3.05, 3.63) is 29.1 Å². The Hall–Kier alpha value is -2.57. The average molecular weight is 357 g/mol. The third-order valence-electron chi connectivity index (χ3n) is 4.29. The zero-order valence-electron chi connectivity index (χ0n) is 16.3. The first kappa shape index (κ1) is 18.2. The Bertz CT molecular complexity index is 765. The number of hydrogen-bond acceptors (Lipinski definition) is 7. The van der Waals surface area contributed by atoms with E-state index >= 15 is 0 Å². The molecule has 0 aliphatic carbocycles. The van der Waals surface area contributed by atoms with Gasteiger partial charge in [0.25, 0.3) is 0 Å². The molecule has 0 saturated carbocycles. The Kier molecular flexibility index (Phi) is 5.15. The Morgan fingerprint density at radius 2 is 2.04 bits per heavy atom. The maximum atomic E-state index is 5.87. The predicted octanol–water partition coefficient (Wildman–Crippen LogP) is 3.01. The molecule has 0 fully saturated rings. The van der Waals surface area contributed by atoms with E-state index in [1.54, 1.807) is 7.11 Å². The van der Waals surface area contributed by atoms with E-state index in [2.05, 4.69) is 47.1 Å². The molecule has 2 heterocycles. The molecule has 1 aliphatic heterocycles. The van der Waals surface area contributed by atoms with Crippen molar-refractivity contribution in [3.63, 3.8) is 0 Å². The van der Waals surface area contributed by atoms with Gasteiger partial charge in [-0.05, 0) is 19.1 Å². The van der Waals surface area contributed by atoms with Crippen LogP contribution in [0.2, 0.25) is 0 Å². The zero-order valence-corrected chi connectivity index (χ0v) is 16.3. The molecular formula is C19H27N5O2. The van der Waals surface area contributed by atoms with E-state index in [0.29, 0.717) is 18.4 Å². The number of rotatable bonds is 6. The van der Waals surface area contributed by atoms with Gasteiger partial charge in [-0.15, -0.1) is 0 Å². The highest BCUT2D eigenvalue weighted by atomic mass is 16.5. The molecule has 3 rings (SSSR count). The molecule has 7 nitrogen and oxygen atoms in total. The Morgan fingerprint density at radius 1 is 1.27 bits per heavy atom. The highest BCUT2D eigenvalue weighted by molar-refractivity contribution is 5.50. The lowest BCUT2D eigenvalue weighted by molar-refractivity contribution is 0.254. The molecule has 26 heavy (non-hydrogen) atoms. The van der Waals surface area contributed by atoms with Gasteiger partial charge < -0.3 is 19.7 Å². The van der Waals surface area contributed by atoms with Crippen molar-refractivity contribution in [3.8, 4) is 11.5 Å². The summed E-state index contributed by atoms with van der Waals surface area (Å²) in [4.78, 5) is 15.4. The molecule has 140 valence electrons. The maximum Gasteiger partial charge on any atom is 0.229 e. The third-order valence-corrected chi connectivity index (χ3v) is 4.29. The molecule has 2 aromatic rings. The molecule has 1 N–H and O–H groups in total. The second-order valence-electron chi connectivity index (χ2n) is 7.12. The molecule has 1 unspecified atom stereocenters. The van der Waals surface area contributed by atoms with E-state index in [0.717, 1.165) is 29.3 Å². The molecule has 1 aromatic heterocycles. The minimum Gasteiger partial charge on any atom is -0.496 e. The van der Waals surface area contributed by atoms with Gasteiger partial charge in [0.2, 0.25) is 11.9 Å². The average Bonchev–Trinajstić information content (AvgIpc) is 2.97. The fraction of sp³-hybridized carbons (Fsp3) is 0.526. The number of nitrogens with one attached hydrogen (secondary N) is 1. The van der Waals surface area contributed by atoms with Gasteiger partial charge in [-0.1, -0.05) is 13.8 Å². The van der Waals surface area contributed by atoms with Crippen LogP contribution in [0.5, 0.6) is 11.5 Å². The van der Waals surface area contributed by atoms with Gasteiger partial charge in [-0.25, -0.2) is 0 Å². The van der Waals surface area contributed by atoms with E-state index in [-0.39, 0.29) is 12.0 Å². The SMILES string of the molecule is COc1cc2c(cc1CNc1nc(C(C)C)nc(N(C)C)n1)OC(C)C2. The summed E-state index contributed by atoms with van der Waals surface area (Å²) in [5.41, 5.74) is 2.20. The third kappa shape index (κ3) is 3.81. The van der Waals surface area contributed by atoms with E-state index < -0.39 is 0 Å². The van der Waals surface area contributed by atoms with E-state index in [4.69, 9.17) is 9.47 Å². The van der Waals surface area contributed by atoms with E-state index in [9.17, 15) is 0 Å². The lowest BCUT2D eigenvalue weighted by atomic mass is 10.1. The number of hydrogen-bond donors (Lipinski definition) is 1. The van der Waals surface area contributed by atoms with Crippen molar-refractivity contribution < 1.29 is 9.47 Å². The monoisotopic (exact) mass is 357 g/mol. The van der Waals surface area contributed by atoms with Crippen molar-refractivity contribution in [1.29, 1.82) is 0 Å². The summed E-state index contributed by atoms with van der Waals surface area (Å²) < 4.78 is 11.4. The van der Waals surface area contributed by atoms with Gasteiger partial charge in [0, 0.05) is 44.1 Å². The second-order valence-corrected chi connectivity index (χ2v) is 7.12. The van der Waals surface area contributed by atoms with Gasteiger partial charge in [-0.2, -0.15) is 15.0 Å². The van der Waals surface area contributed by atoms with Crippen LogP contribution in [0.3, 0.4) is 0 Å². The first-order valence-electron chi connectivity index (χ1n) is 8.91. The topological polar surface area (TPSA) is 72.4 Å². The van der Waals surface area contributed by atoms with Crippen LogP contribution in [0.15, 0.2) is 12.1 Å². The predicted molar refractivity (Wildman–Crippen MR) is 102 cm³/mol. The number of anilines is 2. The standard InChI is InChI=1S/C19H27N5O2/c1-11(2)17-21-18(23-19(22-17)24(4)5)20-10-14-9-16-13(7-12(3)26-16)8-15(14)25-6/h8-9,11-12H,7,10H2,1-6H3,(H,20,21,22,23). The Morgan fingerprint density at radius 3 is 2.69 bits per heavy atom. The molecule has 0 bridgehead atoms. The first-order valence-corrected chi connectivity index (χ1v) is 8.91. The molecular weight excluding hydrogens is 330 g/mol. The summed E-state index contributed by atoms with van der Waals surface area (Å²) in [6.07, 6.45) is 1.12.